The van der Waals surface area contributed by atoms with Crippen molar-refractivity contribution in [2.24, 2.45) is 11.3 Å². The summed E-state index contributed by atoms with van der Waals surface area (Å²) >= 11 is 0. The molecule has 0 radical (unpaired) electrons. The number of rotatable bonds is 7. The SMILES string of the molecule is CCOC(=O)C1(C(=O)OCC)C[C@@H]2CCO[C@@H]2C=C1c1ccc(O[Si](C)(C)C(C)(C)C)cc1. The van der Waals surface area contributed by atoms with Crippen molar-refractivity contribution in [2.45, 2.75) is 71.7 Å². The van der Waals surface area contributed by atoms with E-state index >= 15 is 0 Å². The lowest BCUT2D eigenvalue weighted by molar-refractivity contribution is -0.169. The first kappa shape index (κ1) is 25.5. The molecular formula is C26H38O6Si. The minimum atomic E-state index is -1.99. The van der Waals surface area contributed by atoms with Crippen LogP contribution in [0.25, 0.3) is 5.57 Å². The molecule has 0 saturated carbocycles. The lowest BCUT2D eigenvalue weighted by Gasteiger charge is -2.39. The van der Waals surface area contributed by atoms with Crippen LogP contribution in [0.1, 0.15) is 53.0 Å². The number of fused-ring (bicyclic) bond motifs is 1. The van der Waals surface area contributed by atoms with Gasteiger partial charge in [0.25, 0.3) is 0 Å². The van der Waals surface area contributed by atoms with Crippen LogP contribution in [0.4, 0.5) is 0 Å². The van der Waals surface area contributed by atoms with Gasteiger partial charge in [-0.25, -0.2) is 0 Å². The molecule has 1 aliphatic carbocycles. The van der Waals surface area contributed by atoms with Gasteiger partial charge in [0.15, 0.2) is 5.41 Å². The van der Waals surface area contributed by atoms with Gasteiger partial charge in [-0.1, -0.05) is 39.0 Å². The molecule has 0 N–H and O–H groups in total. The number of hydrogen-bond donors (Lipinski definition) is 0. The van der Waals surface area contributed by atoms with Crippen molar-refractivity contribution in [2.75, 3.05) is 19.8 Å². The van der Waals surface area contributed by atoms with E-state index in [9.17, 15) is 9.59 Å². The summed E-state index contributed by atoms with van der Waals surface area (Å²) in [7, 11) is -1.99. The highest BCUT2D eigenvalue weighted by atomic mass is 28.4. The molecule has 7 heteroatoms. The average Bonchev–Trinajstić information content (AvgIpc) is 3.19. The molecule has 182 valence electrons. The largest absolute Gasteiger partial charge is 0.544 e. The van der Waals surface area contributed by atoms with E-state index in [4.69, 9.17) is 18.6 Å². The summed E-state index contributed by atoms with van der Waals surface area (Å²) < 4.78 is 23.2. The van der Waals surface area contributed by atoms with Gasteiger partial charge in [-0.15, -0.1) is 0 Å². The topological polar surface area (TPSA) is 71.1 Å². The van der Waals surface area contributed by atoms with E-state index in [1.807, 2.05) is 30.3 Å². The number of esters is 2. The minimum Gasteiger partial charge on any atom is -0.544 e. The number of hydrogen-bond acceptors (Lipinski definition) is 6. The Kier molecular flexibility index (Phi) is 7.44. The third-order valence-electron chi connectivity index (χ3n) is 7.21. The van der Waals surface area contributed by atoms with Crippen LogP contribution in [0.5, 0.6) is 5.75 Å². The zero-order valence-electron chi connectivity index (χ0n) is 21.0. The van der Waals surface area contributed by atoms with Gasteiger partial charge in [0.2, 0.25) is 8.32 Å². The minimum absolute atomic E-state index is 0.0729. The Morgan fingerprint density at radius 3 is 2.15 bits per heavy atom. The normalized spacial score (nSPS) is 22.2. The molecular weight excluding hydrogens is 436 g/mol. The predicted molar refractivity (Wildman–Crippen MR) is 130 cm³/mol. The first-order valence-corrected chi connectivity index (χ1v) is 14.8. The van der Waals surface area contributed by atoms with E-state index in [0.717, 1.165) is 17.7 Å². The smallest absolute Gasteiger partial charge is 0.328 e. The monoisotopic (exact) mass is 474 g/mol. The molecule has 1 aromatic rings. The van der Waals surface area contributed by atoms with Crippen molar-refractivity contribution in [1.82, 2.24) is 0 Å². The van der Waals surface area contributed by atoms with Crippen LogP contribution in [-0.2, 0) is 23.8 Å². The quantitative estimate of drug-likeness (QED) is 0.300. The van der Waals surface area contributed by atoms with Gasteiger partial charge in [0, 0.05) is 6.61 Å². The summed E-state index contributed by atoms with van der Waals surface area (Å²) in [5.41, 5.74) is -0.128. The Hall–Kier alpha value is -2.12. The third-order valence-corrected chi connectivity index (χ3v) is 11.6. The van der Waals surface area contributed by atoms with E-state index in [0.29, 0.717) is 18.6 Å². The maximum Gasteiger partial charge on any atom is 0.328 e. The maximum absolute atomic E-state index is 13.3. The van der Waals surface area contributed by atoms with Crippen LogP contribution in [0.3, 0.4) is 0 Å². The molecule has 0 amide bonds. The Labute approximate surface area is 198 Å². The number of ether oxygens (including phenoxy) is 3. The second kappa shape index (κ2) is 9.62. The Morgan fingerprint density at radius 2 is 1.64 bits per heavy atom. The lowest BCUT2D eigenvalue weighted by atomic mass is 9.65. The number of carbonyl (C=O) groups is 2. The molecule has 33 heavy (non-hydrogen) atoms. The second-order valence-corrected chi connectivity index (χ2v) is 15.1. The van der Waals surface area contributed by atoms with Gasteiger partial charge in [-0.05, 0) is 74.0 Å². The van der Waals surface area contributed by atoms with E-state index in [1.165, 1.54) is 0 Å². The van der Waals surface area contributed by atoms with E-state index in [-0.39, 0.29) is 30.3 Å². The van der Waals surface area contributed by atoms with Gasteiger partial charge < -0.3 is 18.6 Å². The summed E-state index contributed by atoms with van der Waals surface area (Å²) in [6.07, 6.45) is 2.93. The molecule has 2 atom stereocenters. The molecule has 0 aromatic heterocycles. The molecule has 6 nitrogen and oxygen atoms in total. The molecule has 1 saturated heterocycles. The zero-order chi connectivity index (χ0) is 24.4. The van der Waals surface area contributed by atoms with Gasteiger partial charge in [-0.3, -0.25) is 9.59 Å². The molecule has 1 aliphatic heterocycles. The van der Waals surface area contributed by atoms with Crippen LogP contribution >= 0.6 is 0 Å². The van der Waals surface area contributed by atoms with Gasteiger partial charge in [0.1, 0.15) is 5.75 Å². The van der Waals surface area contributed by atoms with Crippen molar-refractivity contribution >= 4 is 25.8 Å². The van der Waals surface area contributed by atoms with E-state index in [1.54, 1.807) is 13.8 Å². The van der Waals surface area contributed by atoms with Crippen molar-refractivity contribution in [1.29, 1.82) is 0 Å². The summed E-state index contributed by atoms with van der Waals surface area (Å²) in [6, 6.07) is 7.66. The van der Waals surface area contributed by atoms with E-state index < -0.39 is 25.7 Å². The zero-order valence-corrected chi connectivity index (χ0v) is 22.0. The molecule has 2 aliphatic rings. The van der Waals surface area contributed by atoms with Crippen LogP contribution in [0.2, 0.25) is 18.1 Å². The molecule has 0 spiro atoms. The van der Waals surface area contributed by atoms with Crippen molar-refractivity contribution in [3.63, 3.8) is 0 Å². The van der Waals surface area contributed by atoms with Crippen molar-refractivity contribution < 1.29 is 28.2 Å². The van der Waals surface area contributed by atoms with E-state index in [2.05, 4.69) is 33.9 Å². The second-order valence-electron chi connectivity index (χ2n) is 10.4. The highest BCUT2D eigenvalue weighted by molar-refractivity contribution is 6.74. The Balaban J connectivity index is 2.04. The Morgan fingerprint density at radius 1 is 1.06 bits per heavy atom. The Bertz CT molecular complexity index is 878. The highest BCUT2D eigenvalue weighted by Gasteiger charge is 2.57. The number of benzene rings is 1. The predicted octanol–water partition coefficient (Wildman–Crippen LogP) is 5.38. The fourth-order valence-electron chi connectivity index (χ4n) is 4.34. The lowest BCUT2D eigenvalue weighted by Crippen LogP contribution is -2.48. The summed E-state index contributed by atoms with van der Waals surface area (Å²) in [4.78, 5) is 26.7. The molecule has 3 rings (SSSR count). The van der Waals surface area contributed by atoms with Gasteiger partial charge in [-0.2, -0.15) is 0 Å². The van der Waals surface area contributed by atoms with Crippen molar-refractivity contribution in [3.8, 4) is 5.75 Å². The van der Waals surface area contributed by atoms with Crippen LogP contribution in [-0.4, -0.2) is 46.2 Å². The molecule has 1 aromatic carbocycles. The summed E-state index contributed by atoms with van der Waals surface area (Å²) in [5.74, 6) is -0.248. The van der Waals surface area contributed by atoms with Crippen LogP contribution in [0, 0.1) is 11.3 Å². The number of carbonyl (C=O) groups excluding carboxylic acids is 2. The summed E-state index contributed by atoms with van der Waals surface area (Å²) in [5, 5.41) is 0.0787. The molecule has 0 bridgehead atoms. The standard InChI is InChI=1S/C26H38O6Si/c1-8-29-23(27)26(24(28)30-9-2)17-19-14-15-31-22(19)16-21(26)18-10-12-20(13-11-18)32-33(6,7)25(3,4)5/h10-13,16,19,22H,8-9,14-15,17H2,1-7H3/t19-,22+/m0/s1. The van der Waals surface area contributed by atoms with Gasteiger partial charge >= 0.3 is 11.9 Å². The fourth-order valence-corrected chi connectivity index (χ4v) is 5.37. The molecule has 1 fully saturated rings. The third kappa shape index (κ3) is 4.89. The molecule has 1 heterocycles. The fraction of sp³-hybridized carbons (Fsp3) is 0.615. The van der Waals surface area contributed by atoms with Crippen LogP contribution in [0.15, 0.2) is 30.3 Å². The first-order valence-electron chi connectivity index (χ1n) is 11.9. The van der Waals surface area contributed by atoms with Crippen molar-refractivity contribution in [3.05, 3.63) is 35.9 Å². The van der Waals surface area contributed by atoms with Crippen LogP contribution < -0.4 is 4.43 Å². The maximum atomic E-state index is 13.3. The average molecular weight is 475 g/mol. The highest BCUT2D eigenvalue weighted by Crippen LogP contribution is 2.50. The molecule has 0 unspecified atom stereocenters. The summed E-state index contributed by atoms with van der Waals surface area (Å²) in [6.45, 7) is 15.5. The first-order chi connectivity index (χ1) is 15.5. The van der Waals surface area contributed by atoms with Gasteiger partial charge in [0.05, 0.1) is 19.3 Å².